The average molecular weight is 197 g/mol. The van der Waals surface area contributed by atoms with Crippen LogP contribution in [0, 0.1) is 5.92 Å². The van der Waals surface area contributed by atoms with E-state index in [4.69, 9.17) is 4.74 Å². The molecule has 4 heteroatoms. The van der Waals surface area contributed by atoms with E-state index >= 15 is 0 Å². The van der Waals surface area contributed by atoms with Crippen LogP contribution in [0.4, 0.5) is 0 Å². The van der Waals surface area contributed by atoms with Gasteiger partial charge in [0.05, 0.1) is 6.61 Å². The second-order valence-electron chi connectivity index (χ2n) is 3.27. The van der Waals surface area contributed by atoms with Crippen LogP contribution in [0.5, 0.6) is 0 Å². The molecule has 1 fully saturated rings. The molecule has 0 saturated carbocycles. The second kappa shape index (κ2) is 4.79. The van der Waals surface area contributed by atoms with Gasteiger partial charge in [-0.2, -0.15) is 0 Å². The normalized spacial score (nSPS) is 25.6. The fourth-order valence-corrected chi connectivity index (χ4v) is 1.54. The summed E-state index contributed by atoms with van der Waals surface area (Å²) in [5.74, 6) is -0.544. The highest BCUT2D eigenvalue weighted by atomic mass is 16.5. The van der Waals surface area contributed by atoms with E-state index in [1.807, 2.05) is 0 Å². The third-order valence-corrected chi connectivity index (χ3v) is 2.23. The van der Waals surface area contributed by atoms with E-state index in [0.29, 0.717) is 19.4 Å². The lowest BCUT2D eigenvalue weighted by molar-refractivity contribution is -0.145. The Bertz CT molecular complexity index is 250. The Morgan fingerprint density at radius 2 is 2.50 bits per heavy atom. The first-order valence-electron chi connectivity index (χ1n) is 4.77. The largest absolute Gasteiger partial charge is 0.464 e. The van der Waals surface area contributed by atoms with E-state index in [-0.39, 0.29) is 17.8 Å². The van der Waals surface area contributed by atoms with Crippen LogP contribution in [0.3, 0.4) is 0 Å². The molecule has 1 aliphatic rings. The maximum absolute atomic E-state index is 11.3. The Morgan fingerprint density at radius 1 is 1.79 bits per heavy atom. The van der Waals surface area contributed by atoms with Gasteiger partial charge in [0.2, 0.25) is 5.91 Å². The summed E-state index contributed by atoms with van der Waals surface area (Å²) in [5.41, 5.74) is 0. The first kappa shape index (κ1) is 10.8. The van der Waals surface area contributed by atoms with Gasteiger partial charge < -0.3 is 10.1 Å². The molecule has 0 unspecified atom stereocenters. The van der Waals surface area contributed by atoms with Gasteiger partial charge in [0.15, 0.2) is 0 Å². The number of nitrogens with one attached hydrogen (secondary N) is 1. The summed E-state index contributed by atoms with van der Waals surface area (Å²) in [6, 6.07) is -0.465. The standard InChI is InChI=1S/C10H15NO3/c1-3-5-7-6-8(11-9(7)12)10(13)14-4-2/h3,7-8H,1,4-6H2,2H3,(H,11,12)/t7-,8+/m1/s1. The van der Waals surface area contributed by atoms with Crippen LogP contribution in [0.15, 0.2) is 12.7 Å². The molecule has 0 aromatic carbocycles. The highest BCUT2D eigenvalue weighted by Crippen LogP contribution is 2.19. The van der Waals surface area contributed by atoms with Gasteiger partial charge in [0, 0.05) is 5.92 Å². The summed E-state index contributed by atoms with van der Waals surface area (Å²) < 4.78 is 4.82. The number of carbonyl (C=O) groups excluding carboxylic acids is 2. The van der Waals surface area contributed by atoms with E-state index in [9.17, 15) is 9.59 Å². The van der Waals surface area contributed by atoms with Crippen molar-refractivity contribution in [3.05, 3.63) is 12.7 Å². The molecule has 0 bridgehead atoms. The summed E-state index contributed by atoms with van der Waals surface area (Å²) >= 11 is 0. The van der Waals surface area contributed by atoms with Gasteiger partial charge in [-0.25, -0.2) is 4.79 Å². The molecule has 0 aromatic rings. The molecule has 0 spiro atoms. The zero-order valence-corrected chi connectivity index (χ0v) is 8.29. The molecular weight excluding hydrogens is 182 g/mol. The van der Waals surface area contributed by atoms with Crippen LogP contribution in [-0.4, -0.2) is 24.5 Å². The number of amides is 1. The molecule has 1 heterocycles. The molecule has 1 amide bonds. The molecule has 4 nitrogen and oxygen atoms in total. The maximum atomic E-state index is 11.3. The maximum Gasteiger partial charge on any atom is 0.328 e. The zero-order chi connectivity index (χ0) is 10.6. The molecule has 1 N–H and O–H groups in total. The lowest BCUT2D eigenvalue weighted by Gasteiger charge is -2.07. The fraction of sp³-hybridized carbons (Fsp3) is 0.600. The van der Waals surface area contributed by atoms with Gasteiger partial charge in [0.1, 0.15) is 6.04 Å². The van der Waals surface area contributed by atoms with E-state index in [0.717, 1.165) is 0 Å². The predicted molar refractivity (Wildman–Crippen MR) is 51.5 cm³/mol. The fourth-order valence-electron chi connectivity index (χ4n) is 1.54. The minimum absolute atomic E-state index is 0.0806. The van der Waals surface area contributed by atoms with Crippen LogP contribution in [0.25, 0.3) is 0 Å². The third-order valence-electron chi connectivity index (χ3n) is 2.23. The summed E-state index contributed by atoms with van der Waals surface area (Å²) in [7, 11) is 0. The summed E-state index contributed by atoms with van der Waals surface area (Å²) in [6.07, 6.45) is 2.82. The summed E-state index contributed by atoms with van der Waals surface area (Å²) in [5, 5.41) is 2.61. The number of allylic oxidation sites excluding steroid dienone is 1. The first-order chi connectivity index (χ1) is 6.69. The van der Waals surface area contributed by atoms with Crippen molar-refractivity contribution < 1.29 is 14.3 Å². The lowest BCUT2D eigenvalue weighted by atomic mass is 10.0. The number of esters is 1. The number of rotatable bonds is 4. The molecule has 0 aromatic heterocycles. The molecule has 2 atom stereocenters. The van der Waals surface area contributed by atoms with Crippen LogP contribution >= 0.6 is 0 Å². The van der Waals surface area contributed by atoms with Crippen molar-refractivity contribution in [2.75, 3.05) is 6.61 Å². The number of carbonyl (C=O) groups is 2. The number of hydrogen-bond acceptors (Lipinski definition) is 3. The van der Waals surface area contributed by atoms with Crippen molar-refractivity contribution >= 4 is 11.9 Å². The third kappa shape index (κ3) is 2.34. The van der Waals surface area contributed by atoms with Gasteiger partial charge in [0.25, 0.3) is 0 Å². The van der Waals surface area contributed by atoms with Crippen molar-refractivity contribution in [2.45, 2.75) is 25.8 Å². The molecule has 1 aliphatic heterocycles. The quantitative estimate of drug-likeness (QED) is 0.531. The van der Waals surface area contributed by atoms with E-state index in [1.54, 1.807) is 13.0 Å². The Morgan fingerprint density at radius 3 is 3.07 bits per heavy atom. The molecule has 78 valence electrons. The Kier molecular flexibility index (Phi) is 3.68. The number of hydrogen-bond donors (Lipinski definition) is 1. The van der Waals surface area contributed by atoms with Crippen molar-refractivity contribution in [1.82, 2.24) is 5.32 Å². The highest BCUT2D eigenvalue weighted by Gasteiger charge is 2.35. The van der Waals surface area contributed by atoms with Crippen LogP contribution in [-0.2, 0) is 14.3 Å². The SMILES string of the molecule is C=CC[C@@H]1C[C@@H](C(=O)OCC)NC1=O. The van der Waals surface area contributed by atoms with Crippen molar-refractivity contribution in [3.63, 3.8) is 0 Å². The van der Waals surface area contributed by atoms with Gasteiger partial charge in [-0.3, -0.25) is 4.79 Å². The smallest absolute Gasteiger partial charge is 0.328 e. The molecule has 1 saturated heterocycles. The predicted octanol–water partition coefficient (Wildman–Crippen LogP) is 0.630. The van der Waals surface area contributed by atoms with Crippen LogP contribution < -0.4 is 5.32 Å². The van der Waals surface area contributed by atoms with Crippen molar-refractivity contribution in [3.8, 4) is 0 Å². The van der Waals surface area contributed by atoms with Crippen molar-refractivity contribution in [2.24, 2.45) is 5.92 Å². The van der Waals surface area contributed by atoms with Gasteiger partial charge >= 0.3 is 5.97 Å². The van der Waals surface area contributed by atoms with Gasteiger partial charge in [-0.1, -0.05) is 6.08 Å². The highest BCUT2D eigenvalue weighted by molar-refractivity contribution is 5.89. The minimum Gasteiger partial charge on any atom is -0.464 e. The first-order valence-corrected chi connectivity index (χ1v) is 4.77. The Hall–Kier alpha value is -1.32. The summed E-state index contributed by atoms with van der Waals surface area (Å²) in [4.78, 5) is 22.6. The molecule has 0 aliphatic carbocycles. The molecule has 14 heavy (non-hydrogen) atoms. The van der Waals surface area contributed by atoms with Gasteiger partial charge in [-0.15, -0.1) is 6.58 Å². The lowest BCUT2D eigenvalue weighted by Crippen LogP contribution is -2.34. The molecular formula is C10H15NO3. The summed E-state index contributed by atoms with van der Waals surface area (Å²) in [6.45, 7) is 5.66. The minimum atomic E-state index is -0.465. The van der Waals surface area contributed by atoms with Crippen LogP contribution in [0.1, 0.15) is 19.8 Å². The van der Waals surface area contributed by atoms with E-state index in [2.05, 4.69) is 11.9 Å². The average Bonchev–Trinajstić information content (AvgIpc) is 2.49. The van der Waals surface area contributed by atoms with Crippen LogP contribution in [0.2, 0.25) is 0 Å². The zero-order valence-electron chi connectivity index (χ0n) is 8.29. The Labute approximate surface area is 83.3 Å². The Balaban J connectivity index is 2.49. The monoisotopic (exact) mass is 197 g/mol. The topological polar surface area (TPSA) is 55.4 Å². The van der Waals surface area contributed by atoms with Crippen molar-refractivity contribution in [1.29, 1.82) is 0 Å². The van der Waals surface area contributed by atoms with E-state index < -0.39 is 6.04 Å². The molecule has 1 rings (SSSR count). The number of ether oxygens (including phenoxy) is 1. The van der Waals surface area contributed by atoms with Gasteiger partial charge in [-0.05, 0) is 19.8 Å². The van der Waals surface area contributed by atoms with E-state index in [1.165, 1.54) is 0 Å². The molecule has 0 radical (unpaired) electrons. The second-order valence-corrected chi connectivity index (χ2v) is 3.27.